The molecule has 0 bridgehead atoms. The first-order valence-electron chi connectivity index (χ1n) is 10.8. The SMILES string of the molecule is Cc1ccc(CN2C(=O)C3=C(CCN(Cc4ccc(C#N)cc4)C3)N3CCN=C23)cc1. The fourth-order valence-corrected chi connectivity index (χ4v) is 4.57. The molecule has 0 saturated heterocycles. The number of carbonyl (C=O) groups excluding carboxylic acids is 1. The number of rotatable bonds is 4. The predicted molar refractivity (Wildman–Crippen MR) is 119 cm³/mol. The minimum atomic E-state index is 0.0806. The first kappa shape index (κ1) is 19.5. The molecule has 0 fully saturated rings. The van der Waals surface area contributed by atoms with E-state index in [-0.39, 0.29) is 5.91 Å². The number of benzene rings is 2. The number of nitrogens with zero attached hydrogens (tertiary/aromatic N) is 5. The van der Waals surface area contributed by atoms with E-state index in [1.165, 1.54) is 5.56 Å². The van der Waals surface area contributed by atoms with Gasteiger partial charge in [-0.2, -0.15) is 5.26 Å². The minimum Gasteiger partial charge on any atom is -0.314 e. The molecule has 0 spiro atoms. The highest BCUT2D eigenvalue weighted by molar-refractivity contribution is 6.09. The Labute approximate surface area is 182 Å². The molecular weight excluding hydrogens is 386 g/mol. The van der Waals surface area contributed by atoms with Crippen molar-refractivity contribution in [2.45, 2.75) is 26.4 Å². The van der Waals surface area contributed by atoms with Crippen molar-refractivity contribution in [1.29, 1.82) is 5.26 Å². The smallest absolute Gasteiger partial charge is 0.259 e. The third-order valence-corrected chi connectivity index (χ3v) is 6.23. The van der Waals surface area contributed by atoms with E-state index in [9.17, 15) is 4.79 Å². The van der Waals surface area contributed by atoms with E-state index in [4.69, 9.17) is 5.26 Å². The third kappa shape index (κ3) is 3.73. The normalized spacial score (nSPS) is 18.6. The summed E-state index contributed by atoms with van der Waals surface area (Å²) in [4.78, 5) is 24.6. The van der Waals surface area contributed by atoms with Gasteiger partial charge in [0.15, 0.2) is 0 Å². The van der Waals surface area contributed by atoms with Gasteiger partial charge in [0.2, 0.25) is 5.96 Å². The van der Waals surface area contributed by atoms with E-state index in [0.29, 0.717) is 18.7 Å². The zero-order chi connectivity index (χ0) is 21.4. The molecular formula is C25H25N5O. The summed E-state index contributed by atoms with van der Waals surface area (Å²) < 4.78 is 0. The van der Waals surface area contributed by atoms with Crippen molar-refractivity contribution < 1.29 is 4.79 Å². The second-order valence-electron chi connectivity index (χ2n) is 8.40. The number of guanidine groups is 1. The van der Waals surface area contributed by atoms with Gasteiger partial charge in [-0.3, -0.25) is 19.6 Å². The van der Waals surface area contributed by atoms with Gasteiger partial charge in [-0.1, -0.05) is 42.0 Å². The quantitative estimate of drug-likeness (QED) is 0.776. The van der Waals surface area contributed by atoms with Crippen LogP contribution in [0.5, 0.6) is 0 Å². The van der Waals surface area contributed by atoms with Crippen LogP contribution in [-0.4, -0.2) is 52.7 Å². The van der Waals surface area contributed by atoms with Gasteiger partial charge in [-0.15, -0.1) is 0 Å². The maximum absolute atomic E-state index is 13.6. The molecule has 5 rings (SSSR count). The number of amides is 1. The molecule has 31 heavy (non-hydrogen) atoms. The number of hydrogen-bond acceptors (Lipinski definition) is 5. The Morgan fingerprint density at radius 3 is 2.45 bits per heavy atom. The number of hydrogen-bond donors (Lipinski definition) is 0. The molecule has 1 amide bonds. The summed E-state index contributed by atoms with van der Waals surface area (Å²) in [5.74, 6) is 0.891. The van der Waals surface area contributed by atoms with Crippen LogP contribution < -0.4 is 0 Å². The van der Waals surface area contributed by atoms with Gasteiger partial charge in [0, 0.05) is 38.3 Å². The summed E-state index contributed by atoms with van der Waals surface area (Å²) in [6, 6.07) is 18.2. The van der Waals surface area contributed by atoms with Crippen molar-refractivity contribution in [3.8, 4) is 6.07 Å². The molecule has 156 valence electrons. The summed E-state index contributed by atoms with van der Waals surface area (Å²) in [6.45, 7) is 6.52. The van der Waals surface area contributed by atoms with E-state index in [1.54, 1.807) is 0 Å². The molecule has 3 aliphatic rings. The Hall–Kier alpha value is -3.43. The van der Waals surface area contributed by atoms with Crippen molar-refractivity contribution in [1.82, 2.24) is 14.7 Å². The van der Waals surface area contributed by atoms with Crippen LogP contribution in [0.4, 0.5) is 0 Å². The van der Waals surface area contributed by atoms with E-state index in [2.05, 4.69) is 52.1 Å². The maximum atomic E-state index is 13.6. The first-order valence-corrected chi connectivity index (χ1v) is 10.8. The zero-order valence-corrected chi connectivity index (χ0v) is 17.7. The molecule has 3 heterocycles. The minimum absolute atomic E-state index is 0.0806. The number of fused-ring (bicyclic) bond motifs is 2. The molecule has 0 atom stereocenters. The lowest BCUT2D eigenvalue weighted by Crippen LogP contribution is -2.53. The van der Waals surface area contributed by atoms with E-state index >= 15 is 0 Å². The summed E-state index contributed by atoms with van der Waals surface area (Å²) in [5, 5.41) is 9.00. The Morgan fingerprint density at radius 2 is 1.71 bits per heavy atom. The lowest BCUT2D eigenvalue weighted by atomic mass is 9.99. The monoisotopic (exact) mass is 411 g/mol. The lowest BCUT2D eigenvalue weighted by molar-refractivity contribution is -0.125. The highest BCUT2D eigenvalue weighted by atomic mass is 16.2. The molecule has 0 aromatic heterocycles. The lowest BCUT2D eigenvalue weighted by Gasteiger charge is -2.42. The Bertz CT molecular complexity index is 1110. The summed E-state index contributed by atoms with van der Waals surface area (Å²) in [7, 11) is 0. The fourth-order valence-electron chi connectivity index (χ4n) is 4.57. The van der Waals surface area contributed by atoms with Crippen LogP contribution in [0.25, 0.3) is 0 Å². The van der Waals surface area contributed by atoms with Gasteiger partial charge in [0.25, 0.3) is 5.91 Å². The van der Waals surface area contributed by atoms with Crippen LogP contribution in [0, 0.1) is 18.3 Å². The molecule has 0 radical (unpaired) electrons. The van der Waals surface area contributed by atoms with Crippen LogP contribution in [0.2, 0.25) is 0 Å². The molecule has 0 unspecified atom stereocenters. The molecule has 0 saturated carbocycles. The Morgan fingerprint density at radius 1 is 1.00 bits per heavy atom. The largest absolute Gasteiger partial charge is 0.314 e. The summed E-state index contributed by atoms with van der Waals surface area (Å²) >= 11 is 0. The van der Waals surface area contributed by atoms with E-state index in [0.717, 1.165) is 61.0 Å². The van der Waals surface area contributed by atoms with Gasteiger partial charge in [0.1, 0.15) is 0 Å². The van der Waals surface area contributed by atoms with Crippen molar-refractivity contribution in [2.24, 2.45) is 4.99 Å². The number of aryl methyl sites for hydroxylation is 1. The van der Waals surface area contributed by atoms with Crippen molar-refractivity contribution in [3.63, 3.8) is 0 Å². The van der Waals surface area contributed by atoms with Crippen molar-refractivity contribution in [3.05, 3.63) is 82.1 Å². The van der Waals surface area contributed by atoms with Crippen LogP contribution in [-0.2, 0) is 17.9 Å². The van der Waals surface area contributed by atoms with Crippen molar-refractivity contribution >= 4 is 11.9 Å². The molecule has 6 nitrogen and oxygen atoms in total. The second kappa shape index (κ2) is 8.01. The molecule has 0 aliphatic carbocycles. The van der Waals surface area contributed by atoms with Gasteiger partial charge >= 0.3 is 0 Å². The van der Waals surface area contributed by atoms with Gasteiger partial charge in [0.05, 0.1) is 30.3 Å². The standard InChI is InChI=1S/C25H25N5O/c1-18-2-4-21(5-3-18)16-30-24(31)22-17-28(15-20-8-6-19(14-26)7-9-20)12-10-23(22)29-13-11-27-25(29)30/h2-9H,10-13,15-17H2,1H3. The van der Waals surface area contributed by atoms with Gasteiger partial charge in [-0.25, -0.2) is 0 Å². The number of carbonyl (C=O) groups is 1. The average molecular weight is 412 g/mol. The van der Waals surface area contributed by atoms with Crippen LogP contribution >= 0.6 is 0 Å². The van der Waals surface area contributed by atoms with Crippen LogP contribution in [0.15, 0.2) is 64.8 Å². The van der Waals surface area contributed by atoms with E-state index in [1.807, 2.05) is 29.2 Å². The first-order chi connectivity index (χ1) is 15.1. The highest BCUT2D eigenvalue weighted by Gasteiger charge is 2.40. The molecule has 2 aromatic rings. The number of nitriles is 1. The topological polar surface area (TPSA) is 62.9 Å². The fraction of sp³-hybridized carbons (Fsp3) is 0.320. The molecule has 2 aromatic carbocycles. The van der Waals surface area contributed by atoms with Crippen LogP contribution in [0.1, 0.15) is 28.7 Å². The Kier molecular flexibility index (Phi) is 5.05. The van der Waals surface area contributed by atoms with E-state index < -0.39 is 0 Å². The van der Waals surface area contributed by atoms with Crippen molar-refractivity contribution in [2.75, 3.05) is 26.2 Å². The summed E-state index contributed by atoms with van der Waals surface area (Å²) in [6.07, 6.45) is 0.856. The molecule has 6 heteroatoms. The van der Waals surface area contributed by atoms with Gasteiger partial charge in [-0.05, 0) is 30.2 Å². The second-order valence-corrected chi connectivity index (χ2v) is 8.40. The highest BCUT2D eigenvalue weighted by Crippen LogP contribution is 2.32. The van der Waals surface area contributed by atoms with Crippen LogP contribution in [0.3, 0.4) is 0 Å². The molecule has 3 aliphatic heterocycles. The third-order valence-electron chi connectivity index (χ3n) is 6.23. The summed E-state index contributed by atoms with van der Waals surface area (Å²) in [5.41, 5.74) is 6.20. The zero-order valence-electron chi connectivity index (χ0n) is 17.7. The predicted octanol–water partition coefficient (Wildman–Crippen LogP) is 3.04. The average Bonchev–Trinajstić information content (AvgIpc) is 3.28. The molecule has 0 N–H and O–H groups in total. The number of aliphatic imine (C=N–C) groups is 1. The van der Waals surface area contributed by atoms with Gasteiger partial charge < -0.3 is 4.90 Å². The maximum Gasteiger partial charge on any atom is 0.259 e. The Balaban J connectivity index is 1.37.